The fraction of sp³-hybridized carbons (Fsp3) is 0.208. The van der Waals surface area contributed by atoms with Crippen LogP contribution in [-0.2, 0) is 0 Å². The molecule has 1 aliphatic rings. The molecular formula is C24H24N2O3S2. The summed E-state index contributed by atoms with van der Waals surface area (Å²) in [6.45, 7) is 0. The van der Waals surface area contributed by atoms with Crippen LogP contribution in [0.2, 0.25) is 0 Å². The first-order valence-electron chi connectivity index (χ1n) is 10.2. The van der Waals surface area contributed by atoms with Gasteiger partial charge in [-0.05, 0) is 70.0 Å². The summed E-state index contributed by atoms with van der Waals surface area (Å²) in [5.41, 5.74) is 11.0. The first-order chi connectivity index (χ1) is 14.9. The summed E-state index contributed by atoms with van der Waals surface area (Å²) in [6, 6.07) is 15.7. The zero-order chi connectivity index (χ0) is 21.6. The molecule has 1 saturated heterocycles. The van der Waals surface area contributed by atoms with Crippen LogP contribution in [0.25, 0.3) is 22.0 Å². The first-order valence-corrected chi connectivity index (χ1v) is 12.9. The van der Waals surface area contributed by atoms with E-state index in [1.54, 1.807) is 11.3 Å². The lowest BCUT2D eigenvalue weighted by Gasteiger charge is -2.46. The molecule has 0 saturated carbocycles. The van der Waals surface area contributed by atoms with Crippen molar-refractivity contribution in [2.24, 2.45) is 5.73 Å². The van der Waals surface area contributed by atoms with Crippen molar-refractivity contribution in [3.8, 4) is 11.1 Å². The van der Waals surface area contributed by atoms with E-state index in [0.717, 1.165) is 33.2 Å². The lowest BCUT2D eigenvalue weighted by atomic mass is 9.88. The Morgan fingerprint density at radius 2 is 1.94 bits per heavy atom. The second-order valence-electron chi connectivity index (χ2n) is 8.11. The SMILES string of the molecule is NC(=O)c1cc(-c2ccsc2)cc2c([C@H]3CCS(O)(O)[C@@H](c4ccccc4)C3)c[nH]c12. The molecule has 0 radical (unpaired) electrons. The van der Waals surface area contributed by atoms with Gasteiger partial charge in [0.05, 0.1) is 16.3 Å². The second kappa shape index (κ2) is 7.84. The summed E-state index contributed by atoms with van der Waals surface area (Å²) in [5.74, 6) is 0.0596. The highest BCUT2D eigenvalue weighted by Crippen LogP contribution is 2.62. The normalized spacial score (nSPS) is 21.7. The van der Waals surface area contributed by atoms with Crippen LogP contribution in [0.5, 0.6) is 0 Å². The number of hydrogen-bond donors (Lipinski definition) is 4. The summed E-state index contributed by atoms with van der Waals surface area (Å²) in [7, 11) is -2.70. The van der Waals surface area contributed by atoms with Gasteiger partial charge in [0.15, 0.2) is 0 Å². The van der Waals surface area contributed by atoms with Crippen LogP contribution in [-0.4, -0.2) is 25.7 Å². The Kier molecular flexibility index (Phi) is 5.14. The Labute approximate surface area is 186 Å². The van der Waals surface area contributed by atoms with Gasteiger partial charge in [-0.1, -0.05) is 30.3 Å². The molecule has 0 bridgehead atoms. The van der Waals surface area contributed by atoms with E-state index in [1.807, 2.05) is 54.0 Å². The molecule has 5 rings (SSSR count). The molecule has 5 N–H and O–H groups in total. The number of fused-ring (bicyclic) bond motifs is 1. The molecule has 160 valence electrons. The smallest absolute Gasteiger partial charge is 0.250 e. The maximum absolute atomic E-state index is 12.2. The minimum atomic E-state index is -2.70. The van der Waals surface area contributed by atoms with Gasteiger partial charge in [0.25, 0.3) is 5.91 Å². The van der Waals surface area contributed by atoms with E-state index in [2.05, 4.69) is 16.4 Å². The maximum atomic E-state index is 12.2. The number of H-pyrrole nitrogens is 1. The summed E-state index contributed by atoms with van der Waals surface area (Å²) in [4.78, 5) is 15.5. The molecule has 1 fully saturated rings. The van der Waals surface area contributed by atoms with Gasteiger partial charge in [0.1, 0.15) is 0 Å². The van der Waals surface area contributed by atoms with E-state index in [9.17, 15) is 13.9 Å². The lowest BCUT2D eigenvalue weighted by Crippen LogP contribution is -2.23. The Morgan fingerprint density at radius 3 is 2.65 bits per heavy atom. The van der Waals surface area contributed by atoms with Gasteiger partial charge < -0.3 is 10.7 Å². The van der Waals surface area contributed by atoms with Crippen molar-refractivity contribution in [1.82, 2.24) is 4.98 Å². The van der Waals surface area contributed by atoms with Gasteiger partial charge in [-0.15, -0.1) is 0 Å². The molecule has 2 aromatic carbocycles. The molecular weight excluding hydrogens is 428 g/mol. The van der Waals surface area contributed by atoms with Gasteiger partial charge in [-0.3, -0.25) is 13.9 Å². The molecule has 0 aliphatic carbocycles. The number of aromatic nitrogens is 1. The number of amides is 1. The number of thiophene rings is 1. The average molecular weight is 453 g/mol. The summed E-state index contributed by atoms with van der Waals surface area (Å²) in [6.07, 6.45) is 3.29. The summed E-state index contributed by atoms with van der Waals surface area (Å²) >= 11 is 1.61. The van der Waals surface area contributed by atoms with Gasteiger partial charge in [-0.2, -0.15) is 21.9 Å². The molecule has 1 aliphatic heterocycles. The monoisotopic (exact) mass is 452 g/mol. The van der Waals surface area contributed by atoms with E-state index in [-0.39, 0.29) is 11.2 Å². The molecule has 5 nitrogen and oxygen atoms in total. The molecule has 3 heterocycles. The van der Waals surface area contributed by atoms with Crippen LogP contribution in [0.3, 0.4) is 0 Å². The predicted molar refractivity (Wildman–Crippen MR) is 129 cm³/mol. The number of carbonyl (C=O) groups is 1. The average Bonchev–Trinajstić information content (AvgIpc) is 3.44. The molecule has 31 heavy (non-hydrogen) atoms. The van der Waals surface area contributed by atoms with Crippen molar-refractivity contribution in [3.05, 3.63) is 82.2 Å². The molecule has 2 atom stereocenters. The minimum absolute atomic E-state index is 0.150. The zero-order valence-electron chi connectivity index (χ0n) is 16.8. The van der Waals surface area contributed by atoms with Crippen molar-refractivity contribution in [2.45, 2.75) is 24.0 Å². The number of nitrogens with one attached hydrogen (secondary N) is 1. The minimum Gasteiger partial charge on any atom is -0.366 e. The number of rotatable bonds is 4. The predicted octanol–water partition coefficient (Wildman–Crippen LogP) is 6.36. The molecule has 1 amide bonds. The van der Waals surface area contributed by atoms with Crippen molar-refractivity contribution >= 4 is 38.7 Å². The number of hydrogen-bond acceptors (Lipinski definition) is 4. The van der Waals surface area contributed by atoms with Crippen molar-refractivity contribution in [3.63, 3.8) is 0 Å². The molecule has 7 heteroatoms. The summed E-state index contributed by atoms with van der Waals surface area (Å²) < 4.78 is 21.5. The molecule has 4 aromatic rings. The Hall–Kier alpha value is -2.58. The lowest BCUT2D eigenvalue weighted by molar-refractivity contribution is 0.100. The highest BCUT2D eigenvalue weighted by atomic mass is 32.3. The van der Waals surface area contributed by atoms with Crippen molar-refractivity contribution in [1.29, 1.82) is 0 Å². The number of primary amides is 1. The van der Waals surface area contributed by atoms with E-state index < -0.39 is 16.5 Å². The quantitative estimate of drug-likeness (QED) is 0.290. The standard InChI is InChI=1S/C24H24N2O3S2/c25-24(27)20-11-18(17-6-8-30-14-17)10-19-21(13-26-23(19)20)16-7-9-31(28,29)22(12-16)15-4-2-1-3-5-15/h1-6,8,10-11,13-14,16,22,26,28-29H,7,9,12H2,(H2,25,27)/t16-,22+/m0/s1. The van der Waals surface area contributed by atoms with E-state index in [1.165, 1.54) is 0 Å². The van der Waals surface area contributed by atoms with Gasteiger partial charge >= 0.3 is 0 Å². The molecule has 0 unspecified atom stereocenters. The van der Waals surface area contributed by atoms with Crippen LogP contribution in [0, 0.1) is 0 Å². The number of benzene rings is 2. The molecule has 2 aromatic heterocycles. The third kappa shape index (κ3) is 3.68. The van der Waals surface area contributed by atoms with Crippen LogP contribution < -0.4 is 5.73 Å². The number of nitrogens with two attached hydrogens (primary N) is 1. The largest absolute Gasteiger partial charge is 0.366 e. The first kappa shape index (κ1) is 20.3. The highest BCUT2D eigenvalue weighted by Gasteiger charge is 2.36. The third-order valence-electron chi connectivity index (χ3n) is 6.27. The van der Waals surface area contributed by atoms with E-state index in [0.29, 0.717) is 24.2 Å². The van der Waals surface area contributed by atoms with Crippen LogP contribution >= 0.6 is 21.9 Å². The van der Waals surface area contributed by atoms with Crippen molar-refractivity contribution < 1.29 is 13.9 Å². The maximum Gasteiger partial charge on any atom is 0.250 e. The fourth-order valence-electron chi connectivity index (χ4n) is 4.67. The molecule has 0 spiro atoms. The Morgan fingerprint density at radius 1 is 1.13 bits per heavy atom. The van der Waals surface area contributed by atoms with Gasteiger partial charge in [0.2, 0.25) is 0 Å². The fourth-order valence-corrected chi connectivity index (χ4v) is 7.39. The highest BCUT2D eigenvalue weighted by molar-refractivity contribution is 8.24. The number of aromatic amines is 1. The van der Waals surface area contributed by atoms with Gasteiger partial charge in [0, 0.05) is 17.3 Å². The van der Waals surface area contributed by atoms with Crippen LogP contribution in [0.15, 0.2) is 65.5 Å². The van der Waals surface area contributed by atoms with E-state index in [4.69, 9.17) is 5.73 Å². The second-order valence-corrected chi connectivity index (χ2v) is 11.3. The van der Waals surface area contributed by atoms with E-state index >= 15 is 0 Å². The van der Waals surface area contributed by atoms with Crippen LogP contribution in [0.1, 0.15) is 45.5 Å². The summed E-state index contributed by atoms with van der Waals surface area (Å²) in [5, 5.41) is 4.75. The topological polar surface area (TPSA) is 99.3 Å². The third-order valence-corrected chi connectivity index (χ3v) is 9.17. The Balaban J connectivity index is 1.59. The Bertz CT molecular complexity index is 1230. The van der Waals surface area contributed by atoms with Crippen LogP contribution in [0.4, 0.5) is 0 Å². The zero-order valence-corrected chi connectivity index (χ0v) is 18.5. The van der Waals surface area contributed by atoms with Gasteiger partial charge in [-0.25, -0.2) is 0 Å². The number of carbonyl (C=O) groups excluding carboxylic acids is 1. The van der Waals surface area contributed by atoms with Crippen molar-refractivity contribution in [2.75, 3.05) is 5.75 Å².